The number of pyridine rings is 1. The Kier molecular flexibility index (Phi) is 22.6. The fourth-order valence-corrected chi connectivity index (χ4v) is 12.9. The van der Waals surface area contributed by atoms with E-state index in [2.05, 4.69) is 65.5 Å². The predicted octanol–water partition coefficient (Wildman–Crippen LogP) is 19.4. The van der Waals surface area contributed by atoms with Crippen molar-refractivity contribution >= 4 is 66.9 Å². The minimum Gasteiger partial charge on any atom is -0.246 e. The van der Waals surface area contributed by atoms with E-state index < -0.39 is 0 Å². The molecule has 1 aliphatic rings. The summed E-state index contributed by atoms with van der Waals surface area (Å²) < 4.78 is 10.2. The maximum atomic E-state index is 4.77. The van der Waals surface area contributed by atoms with E-state index in [-0.39, 0.29) is 0 Å². The van der Waals surface area contributed by atoms with Crippen LogP contribution >= 0.6 is 50.3 Å². The Morgan fingerprint density at radius 1 is 0.552 bits per heavy atom. The molecule has 0 atom stereocenters. The van der Waals surface area contributed by atoms with Crippen molar-refractivity contribution in [2.75, 3.05) is 0 Å². The van der Waals surface area contributed by atoms with Crippen molar-refractivity contribution in [1.29, 1.82) is 0 Å². The Morgan fingerprint density at radius 3 is 1.52 bits per heavy atom. The van der Waals surface area contributed by atoms with Gasteiger partial charge in [-0.15, -0.1) is 22.7 Å². The van der Waals surface area contributed by atoms with Gasteiger partial charge in [-0.2, -0.15) is 8.75 Å². The van der Waals surface area contributed by atoms with Crippen LogP contribution in [0.4, 0.5) is 0 Å². The van der Waals surface area contributed by atoms with Crippen LogP contribution in [0.3, 0.4) is 0 Å². The number of allylic oxidation sites excluding steroid dienone is 1. The highest BCUT2D eigenvalue weighted by atomic mass is 79.9. The molecule has 0 spiro atoms. The predicted molar refractivity (Wildman–Crippen MR) is 264 cm³/mol. The molecule has 58 heavy (non-hydrogen) atoms. The molecule has 4 heterocycles. The van der Waals surface area contributed by atoms with E-state index in [0.717, 1.165) is 33.0 Å². The molecular weight excluding hydrogens is 831 g/mol. The smallest absolute Gasteiger partial charge is 0.138 e. The van der Waals surface area contributed by atoms with Crippen molar-refractivity contribution in [3.05, 3.63) is 45.0 Å². The molecule has 1 aliphatic carbocycles. The molecule has 4 aromatic rings. The molecule has 0 aliphatic heterocycles. The van der Waals surface area contributed by atoms with E-state index in [1.807, 2.05) is 28.9 Å². The third-order valence-corrected chi connectivity index (χ3v) is 16.3. The van der Waals surface area contributed by atoms with Crippen LogP contribution in [0.2, 0.25) is 0 Å². The highest BCUT2D eigenvalue weighted by Gasteiger charge is 2.32. The second kappa shape index (κ2) is 27.5. The molecule has 4 aromatic heterocycles. The third kappa shape index (κ3) is 14.6. The first-order chi connectivity index (χ1) is 28.6. The number of unbranched alkanes of at least 4 members (excludes halogenated alkanes) is 20. The summed E-state index contributed by atoms with van der Waals surface area (Å²) in [4.78, 5) is 8.97. The first-order valence-corrected chi connectivity index (χ1v) is 27.5. The van der Waals surface area contributed by atoms with Gasteiger partial charge in [0.2, 0.25) is 0 Å². The minimum absolute atomic E-state index is 0.782. The number of rotatable bonds is 33. The molecular formula is C51H78BrN3S3. The van der Waals surface area contributed by atoms with Gasteiger partial charge in [-0.1, -0.05) is 213 Å². The van der Waals surface area contributed by atoms with Gasteiger partial charge in [0.25, 0.3) is 0 Å². The van der Waals surface area contributed by atoms with Crippen LogP contribution in [-0.2, 0) is 0 Å². The first-order valence-electron chi connectivity index (χ1n) is 24.3. The topological polar surface area (TPSA) is 38.7 Å². The van der Waals surface area contributed by atoms with Crippen LogP contribution < -0.4 is 0 Å². The number of halogens is 1. The zero-order valence-corrected chi connectivity index (χ0v) is 41.2. The number of hydrogen-bond acceptors (Lipinski definition) is 6. The van der Waals surface area contributed by atoms with E-state index >= 15 is 0 Å². The van der Waals surface area contributed by atoms with E-state index in [4.69, 9.17) is 9.36 Å². The van der Waals surface area contributed by atoms with Crippen molar-refractivity contribution in [3.63, 3.8) is 0 Å². The van der Waals surface area contributed by atoms with Gasteiger partial charge in [-0.3, -0.25) is 0 Å². The largest absolute Gasteiger partial charge is 0.246 e. The molecule has 0 unspecified atom stereocenters. The second-order valence-electron chi connectivity index (χ2n) is 17.8. The lowest BCUT2D eigenvalue weighted by molar-refractivity contribution is 0.368. The van der Waals surface area contributed by atoms with E-state index in [9.17, 15) is 0 Å². The molecule has 0 bridgehead atoms. The molecule has 0 aromatic carbocycles. The van der Waals surface area contributed by atoms with Gasteiger partial charge in [0.15, 0.2) is 0 Å². The van der Waals surface area contributed by atoms with Crippen molar-refractivity contribution in [2.24, 2.45) is 11.8 Å². The van der Waals surface area contributed by atoms with Crippen LogP contribution in [0.15, 0.2) is 33.9 Å². The van der Waals surface area contributed by atoms with Crippen LogP contribution in [0.5, 0.6) is 0 Å². The molecule has 0 N–H and O–H groups in total. The maximum Gasteiger partial charge on any atom is 0.138 e. The Labute approximate surface area is 375 Å². The third-order valence-electron chi connectivity index (χ3n) is 12.9. The fourth-order valence-electron chi connectivity index (χ4n) is 9.55. The summed E-state index contributed by atoms with van der Waals surface area (Å²) >= 11 is 8.84. The molecule has 0 radical (unpaired) electrons. The quantitative estimate of drug-likeness (QED) is 0.0311. The summed E-state index contributed by atoms with van der Waals surface area (Å²) in [7, 11) is 0. The molecule has 0 saturated heterocycles. The SMILES string of the molecule is CCCCCCCCC(CCCCCCCC)CC(CC(CCCCCCCC)CCCCCCCC)=C1c2ccsc2-c2sc(-c3cnc(Br)c4nsnc34)cc21. The molecule has 3 nitrogen and oxygen atoms in total. The summed E-state index contributed by atoms with van der Waals surface area (Å²) in [6, 6.07) is 5.00. The highest BCUT2D eigenvalue weighted by molar-refractivity contribution is 9.10. The monoisotopic (exact) mass is 907 g/mol. The fraction of sp³-hybridized carbons (Fsp3) is 0.706. The summed E-state index contributed by atoms with van der Waals surface area (Å²) in [6.07, 6.45) is 43.6. The summed E-state index contributed by atoms with van der Waals surface area (Å²) in [5, 5.41) is 2.36. The summed E-state index contributed by atoms with van der Waals surface area (Å²) in [5.41, 5.74) is 9.39. The van der Waals surface area contributed by atoms with Gasteiger partial charge in [-0.25, -0.2) is 4.98 Å². The van der Waals surface area contributed by atoms with E-state index in [1.54, 1.807) is 11.1 Å². The lowest BCUT2D eigenvalue weighted by Gasteiger charge is -2.25. The zero-order chi connectivity index (χ0) is 40.8. The van der Waals surface area contributed by atoms with Gasteiger partial charge in [0.1, 0.15) is 15.6 Å². The molecule has 322 valence electrons. The lowest BCUT2D eigenvalue weighted by Crippen LogP contribution is -2.10. The van der Waals surface area contributed by atoms with E-state index in [1.165, 1.54) is 230 Å². The van der Waals surface area contributed by atoms with Gasteiger partial charge in [0, 0.05) is 27.8 Å². The highest BCUT2D eigenvalue weighted by Crippen LogP contribution is 2.56. The van der Waals surface area contributed by atoms with Gasteiger partial charge in [-0.05, 0) is 63.7 Å². The van der Waals surface area contributed by atoms with Crippen molar-refractivity contribution in [1.82, 2.24) is 13.7 Å². The number of fused-ring (bicyclic) bond motifs is 4. The average Bonchev–Trinajstić information content (AvgIpc) is 4.04. The lowest BCUT2D eigenvalue weighted by atomic mass is 9.80. The Balaban J connectivity index is 1.49. The summed E-state index contributed by atoms with van der Waals surface area (Å²) in [5.74, 6) is 1.56. The Bertz CT molecular complexity index is 1680. The van der Waals surface area contributed by atoms with Gasteiger partial charge < -0.3 is 0 Å². The maximum absolute atomic E-state index is 4.77. The molecule has 5 rings (SSSR count). The zero-order valence-electron chi connectivity index (χ0n) is 37.1. The van der Waals surface area contributed by atoms with Crippen molar-refractivity contribution in [3.8, 4) is 20.2 Å². The van der Waals surface area contributed by atoms with Crippen LogP contribution in [0.25, 0.3) is 36.8 Å². The molecule has 7 heteroatoms. The van der Waals surface area contributed by atoms with Crippen LogP contribution in [-0.4, -0.2) is 13.7 Å². The van der Waals surface area contributed by atoms with Gasteiger partial charge >= 0.3 is 0 Å². The Morgan fingerprint density at radius 2 is 1.02 bits per heavy atom. The van der Waals surface area contributed by atoms with E-state index in [0.29, 0.717) is 0 Å². The number of nitrogens with zero attached hydrogens (tertiary/aromatic N) is 3. The molecule has 0 amide bonds. The second-order valence-corrected chi connectivity index (χ2v) is 21.0. The van der Waals surface area contributed by atoms with Crippen LogP contribution in [0.1, 0.15) is 231 Å². The molecule has 0 saturated carbocycles. The number of hydrogen-bond donors (Lipinski definition) is 0. The average molecular weight is 909 g/mol. The Hall–Kier alpha value is -1.41. The standard InChI is InChI=1S/C51H78BrN3S3/c1-5-9-13-17-21-25-29-39(30-26-22-18-14-10-6-2)35-41(36-40(31-27-23-19-15-11-7-3)32-28-24-20-16-12-8-4)46-42-33-34-56-49(42)50-43(46)37-45(57-50)44-38-53-51(52)48-47(44)54-58-55-48/h33-34,37-40H,5-32,35-36H2,1-4H3. The van der Waals surface area contributed by atoms with Crippen molar-refractivity contribution < 1.29 is 0 Å². The van der Waals surface area contributed by atoms with Crippen LogP contribution in [0, 0.1) is 11.8 Å². The minimum atomic E-state index is 0.782. The number of aromatic nitrogens is 3. The number of thiophene rings is 2. The normalized spacial score (nSPS) is 12.5. The van der Waals surface area contributed by atoms with Crippen molar-refractivity contribution in [2.45, 2.75) is 220 Å². The first kappa shape index (κ1) is 47.6. The summed E-state index contributed by atoms with van der Waals surface area (Å²) in [6.45, 7) is 9.37. The van der Waals surface area contributed by atoms with Gasteiger partial charge in [0.05, 0.1) is 21.5 Å². The molecule has 0 fully saturated rings.